The quantitative estimate of drug-likeness (QED) is 0.130. The van der Waals surface area contributed by atoms with Gasteiger partial charge in [-0.25, -0.2) is 14.1 Å². The highest BCUT2D eigenvalue weighted by Crippen LogP contribution is 2.34. The van der Waals surface area contributed by atoms with Gasteiger partial charge < -0.3 is 21.5 Å². The predicted molar refractivity (Wildman–Crippen MR) is 150 cm³/mol. The van der Waals surface area contributed by atoms with Crippen LogP contribution >= 0.6 is 0 Å². The third-order valence-electron chi connectivity index (χ3n) is 7.30. The number of hydrogen-bond donors (Lipinski definition) is 4. The van der Waals surface area contributed by atoms with Crippen LogP contribution < -0.4 is 16.4 Å². The van der Waals surface area contributed by atoms with Gasteiger partial charge in [0, 0.05) is 24.0 Å². The Hall–Kier alpha value is -4.55. The predicted octanol–water partition coefficient (Wildman–Crippen LogP) is 5.75. The second-order valence-corrected chi connectivity index (χ2v) is 10.3. The number of fused-ring (bicyclic) bond motifs is 1. The number of aromatic nitrogens is 4. The van der Waals surface area contributed by atoms with Crippen LogP contribution in [0.4, 0.5) is 29.1 Å². The molecule has 2 unspecified atom stereocenters. The first kappa shape index (κ1) is 27.6. The Morgan fingerprint density at radius 3 is 2.50 bits per heavy atom. The number of hydrogen-bond acceptors (Lipinski definition) is 7. The van der Waals surface area contributed by atoms with Crippen LogP contribution in [-0.2, 0) is 6.18 Å². The van der Waals surface area contributed by atoms with Gasteiger partial charge in [0.1, 0.15) is 11.6 Å². The monoisotopic (exact) mass is 577 g/mol. The third kappa shape index (κ3) is 5.76. The van der Waals surface area contributed by atoms with E-state index in [4.69, 9.17) is 5.73 Å². The molecule has 0 saturated heterocycles. The highest BCUT2D eigenvalue weighted by Gasteiger charge is 2.36. The summed E-state index contributed by atoms with van der Waals surface area (Å²) in [7, 11) is 0. The number of alkyl halides is 3. The van der Waals surface area contributed by atoms with Crippen molar-refractivity contribution in [2.75, 3.05) is 17.6 Å². The van der Waals surface area contributed by atoms with Crippen molar-refractivity contribution in [2.45, 2.75) is 31.3 Å². The standard InChI is InChI=1S/C30H27F4N7O/c31-23-6-4-20(27(38-16-17-1-2-17)19-7-10-36-11-8-19)13-24(23)39-29(42)25-15-26(30(32,33)34)40-41(25)21-5-3-18-9-12-37-28(35)22(18)14-21/h3-15,17,27,29,38-39,42H,1-2,16H2,(H2,35,37). The summed E-state index contributed by atoms with van der Waals surface area (Å²) in [5.74, 6) is 0.0920. The zero-order valence-corrected chi connectivity index (χ0v) is 22.2. The molecule has 3 aromatic heterocycles. The molecule has 5 aromatic rings. The number of nitrogens with two attached hydrogens (primary N) is 1. The Labute approximate surface area is 238 Å². The van der Waals surface area contributed by atoms with Crippen molar-refractivity contribution in [2.24, 2.45) is 5.92 Å². The number of rotatable bonds is 9. The van der Waals surface area contributed by atoms with Crippen LogP contribution in [0.3, 0.4) is 0 Å². The number of nitrogens with one attached hydrogen (secondary N) is 2. The van der Waals surface area contributed by atoms with Crippen LogP contribution in [0.2, 0.25) is 0 Å². The van der Waals surface area contributed by atoms with Gasteiger partial charge in [-0.2, -0.15) is 18.3 Å². The Balaban J connectivity index is 1.35. The van der Waals surface area contributed by atoms with E-state index in [1.807, 2.05) is 12.1 Å². The van der Waals surface area contributed by atoms with Gasteiger partial charge in [-0.3, -0.25) is 4.98 Å². The van der Waals surface area contributed by atoms with Crippen molar-refractivity contribution in [3.8, 4) is 5.69 Å². The topological polar surface area (TPSA) is 114 Å². The van der Waals surface area contributed by atoms with Crippen LogP contribution in [-0.4, -0.2) is 31.4 Å². The van der Waals surface area contributed by atoms with Crippen LogP contribution in [0.25, 0.3) is 16.5 Å². The molecule has 0 bridgehead atoms. The first-order valence-electron chi connectivity index (χ1n) is 13.4. The highest BCUT2D eigenvalue weighted by molar-refractivity contribution is 5.92. The molecule has 0 aliphatic heterocycles. The van der Waals surface area contributed by atoms with E-state index < -0.39 is 23.9 Å². The molecule has 42 heavy (non-hydrogen) atoms. The van der Waals surface area contributed by atoms with Gasteiger partial charge >= 0.3 is 6.18 Å². The van der Waals surface area contributed by atoms with E-state index in [-0.39, 0.29) is 28.9 Å². The lowest BCUT2D eigenvalue weighted by atomic mass is 9.98. The lowest BCUT2D eigenvalue weighted by Gasteiger charge is -2.22. The molecule has 12 heteroatoms. The maximum Gasteiger partial charge on any atom is 0.435 e. The van der Waals surface area contributed by atoms with E-state index in [1.165, 1.54) is 24.4 Å². The van der Waals surface area contributed by atoms with E-state index >= 15 is 4.39 Å². The van der Waals surface area contributed by atoms with Crippen molar-refractivity contribution in [3.63, 3.8) is 0 Å². The summed E-state index contributed by atoms with van der Waals surface area (Å²) in [5, 5.41) is 22.3. The van der Waals surface area contributed by atoms with Crippen LogP contribution in [0, 0.1) is 11.7 Å². The number of halogens is 4. The fourth-order valence-electron chi connectivity index (χ4n) is 4.89. The number of benzene rings is 2. The molecular formula is C30H27F4N7O. The summed E-state index contributed by atoms with van der Waals surface area (Å²) in [6.45, 7) is 0.779. The van der Waals surface area contributed by atoms with Crippen molar-refractivity contribution >= 4 is 22.3 Å². The molecule has 0 radical (unpaired) electrons. The summed E-state index contributed by atoms with van der Waals surface area (Å²) in [6.07, 6.45) is 0.619. The van der Waals surface area contributed by atoms with Gasteiger partial charge in [0.2, 0.25) is 0 Å². The highest BCUT2D eigenvalue weighted by atomic mass is 19.4. The van der Waals surface area contributed by atoms with Gasteiger partial charge in [0.25, 0.3) is 0 Å². The number of nitrogen functional groups attached to an aromatic ring is 1. The zero-order chi connectivity index (χ0) is 29.4. The maximum atomic E-state index is 15.0. The molecule has 1 aliphatic carbocycles. The fourth-order valence-corrected chi connectivity index (χ4v) is 4.89. The minimum Gasteiger partial charge on any atom is -0.383 e. The van der Waals surface area contributed by atoms with E-state index in [9.17, 15) is 18.3 Å². The molecule has 0 spiro atoms. The largest absolute Gasteiger partial charge is 0.435 e. The summed E-state index contributed by atoms with van der Waals surface area (Å²) >= 11 is 0. The number of aliphatic hydroxyl groups is 1. The summed E-state index contributed by atoms with van der Waals surface area (Å²) in [6, 6.07) is 15.1. The minimum absolute atomic E-state index is 0.0828. The average Bonchev–Trinajstić information content (AvgIpc) is 3.68. The molecule has 0 amide bonds. The Morgan fingerprint density at radius 2 is 1.76 bits per heavy atom. The van der Waals surface area contributed by atoms with E-state index in [2.05, 4.69) is 25.7 Å². The molecule has 8 nitrogen and oxygen atoms in total. The molecule has 3 heterocycles. The first-order valence-corrected chi connectivity index (χ1v) is 13.4. The normalized spacial score (nSPS) is 15.1. The first-order chi connectivity index (χ1) is 20.2. The second-order valence-electron chi connectivity index (χ2n) is 10.3. The average molecular weight is 578 g/mol. The van der Waals surface area contributed by atoms with Crippen molar-refractivity contribution < 1.29 is 22.7 Å². The molecule has 5 N–H and O–H groups in total. The minimum atomic E-state index is -4.78. The SMILES string of the molecule is Nc1nccc2ccc(-n3nc(C(F)(F)F)cc3C(O)Nc3cc(C(NCC4CC4)c4ccncc4)ccc3F)cc12. The molecule has 2 aromatic carbocycles. The van der Waals surface area contributed by atoms with Crippen molar-refractivity contribution in [3.05, 3.63) is 108 Å². The Morgan fingerprint density at radius 1 is 0.976 bits per heavy atom. The number of aliphatic hydroxyl groups excluding tert-OH is 1. The van der Waals surface area contributed by atoms with E-state index in [1.54, 1.807) is 36.7 Å². The van der Waals surface area contributed by atoms with Gasteiger partial charge in [-0.15, -0.1) is 0 Å². The molecule has 1 aliphatic rings. The summed E-state index contributed by atoms with van der Waals surface area (Å²) in [4.78, 5) is 8.11. The number of pyridine rings is 2. The van der Waals surface area contributed by atoms with Gasteiger partial charge in [-0.05, 0) is 90.3 Å². The Bertz CT molecular complexity index is 1720. The molecular weight excluding hydrogens is 550 g/mol. The van der Waals surface area contributed by atoms with E-state index in [0.717, 1.165) is 41.1 Å². The number of anilines is 2. The van der Waals surface area contributed by atoms with Crippen LogP contribution in [0.5, 0.6) is 0 Å². The van der Waals surface area contributed by atoms with Crippen molar-refractivity contribution in [1.82, 2.24) is 25.1 Å². The molecule has 216 valence electrons. The second kappa shape index (κ2) is 11.0. The van der Waals surface area contributed by atoms with Gasteiger partial charge in [0.05, 0.1) is 23.1 Å². The molecule has 2 atom stereocenters. The van der Waals surface area contributed by atoms with E-state index in [0.29, 0.717) is 16.9 Å². The third-order valence-corrected chi connectivity index (χ3v) is 7.30. The van der Waals surface area contributed by atoms with Gasteiger partial charge in [0.15, 0.2) is 11.9 Å². The number of nitrogens with zero attached hydrogens (tertiary/aromatic N) is 4. The zero-order valence-electron chi connectivity index (χ0n) is 22.2. The van der Waals surface area contributed by atoms with Gasteiger partial charge in [-0.1, -0.05) is 12.1 Å². The smallest absolute Gasteiger partial charge is 0.383 e. The Kier molecular flexibility index (Phi) is 7.25. The fraction of sp³-hybridized carbons (Fsp3) is 0.233. The molecule has 1 fully saturated rings. The van der Waals surface area contributed by atoms with Crippen molar-refractivity contribution in [1.29, 1.82) is 0 Å². The lowest BCUT2D eigenvalue weighted by Crippen LogP contribution is -2.25. The summed E-state index contributed by atoms with van der Waals surface area (Å²) < 4.78 is 57.2. The van der Waals surface area contributed by atoms with Crippen LogP contribution in [0.1, 0.15) is 47.6 Å². The molecule has 6 rings (SSSR count). The molecule has 1 saturated carbocycles. The lowest BCUT2D eigenvalue weighted by molar-refractivity contribution is -0.141. The van der Waals surface area contributed by atoms with Crippen LogP contribution in [0.15, 0.2) is 79.3 Å². The maximum absolute atomic E-state index is 15.0. The summed E-state index contributed by atoms with van der Waals surface area (Å²) in [5.41, 5.74) is 6.28.